The molecule has 3 fully saturated rings. The molecule has 0 aromatic heterocycles. The van der Waals surface area contributed by atoms with Crippen molar-refractivity contribution in [1.29, 1.82) is 0 Å². The molecule has 0 saturated carbocycles. The topological polar surface area (TPSA) is 49.9 Å². The minimum absolute atomic E-state index is 0.167. The Morgan fingerprint density at radius 1 is 0.964 bits per heavy atom. The van der Waals surface area contributed by atoms with Crippen LogP contribution in [-0.2, 0) is 27.8 Å². The van der Waals surface area contributed by atoms with Gasteiger partial charge in [-0.15, -0.1) is 0 Å². The molecule has 3 saturated heterocycles. The first kappa shape index (κ1) is 19.0. The van der Waals surface area contributed by atoms with E-state index in [-0.39, 0.29) is 12.1 Å². The first-order valence-corrected chi connectivity index (χ1v) is 12.4. The van der Waals surface area contributed by atoms with Gasteiger partial charge in [0.05, 0.1) is 18.1 Å². The molecule has 154 valence electrons. The summed E-state index contributed by atoms with van der Waals surface area (Å²) in [5, 5.41) is 0. The Morgan fingerprint density at radius 2 is 1.68 bits per heavy atom. The lowest BCUT2D eigenvalue weighted by molar-refractivity contribution is 0.0759. The molecule has 6 heteroatoms. The van der Waals surface area contributed by atoms with E-state index in [2.05, 4.69) is 11.8 Å². The van der Waals surface area contributed by atoms with Gasteiger partial charge in [-0.2, -0.15) is 4.31 Å². The maximum absolute atomic E-state index is 13.5. The van der Waals surface area contributed by atoms with Crippen molar-refractivity contribution in [1.82, 2.24) is 9.21 Å². The predicted molar refractivity (Wildman–Crippen MR) is 109 cm³/mol. The maximum atomic E-state index is 13.5. The molecule has 0 aliphatic carbocycles. The first-order valence-electron chi connectivity index (χ1n) is 11.0. The van der Waals surface area contributed by atoms with Crippen LogP contribution in [-0.4, -0.2) is 55.4 Å². The molecule has 0 N–H and O–H groups in total. The number of rotatable bonds is 3. The monoisotopic (exact) mass is 404 g/mol. The fraction of sp³-hybridized carbons (Fsp3) is 0.727. The van der Waals surface area contributed by atoms with Gasteiger partial charge in [-0.05, 0) is 87.2 Å². The van der Waals surface area contributed by atoms with E-state index in [0.717, 1.165) is 50.2 Å². The summed E-state index contributed by atoms with van der Waals surface area (Å²) in [6.45, 7) is 5.97. The SMILES string of the molecule is CC1CCN([C@@H]2C[C@H]3CC[C@@H](C2)N3S(=O)(=O)c2ccc3c(c2)COCC3)CC1. The summed E-state index contributed by atoms with van der Waals surface area (Å²) in [6, 6.07) is 6.57. The smallest absolute Gasteiger partial charge is 0.243 e. The van der Waals surface area contributed by atoms with Crippen molar-refractivity contribution in [3.05, 3.63) is 29.3 Å². The molecule has 1 aromatic rings. The van der Waals surface area contributed by atoms with Crippen molar-refractivity contribution in [3.8, 4) is 0 Å². The first-order chi connectivity index (χ1) is 13.5. The molecular formula is C22H32N2O3S. The van der Waals surface area contributed by atoms with Gasteiger partial charge in [0.25, 0.3) is 0 Å². The molecule has 1 aromatic carbocycles. The molecule has 0 unspecified atom stereocenters. The third kappa shape index (κ3) is 3.32. The highest BCUT2D eigenvalue weighted by Crippen LogP contribution is 2.42. The summed E-state index contributed by atoms with van der Waals surface area (Å²) in [6.07, 6.45) is 7.46. The Hall–Kier alpha value is -0.950. The van der Waals surface area contributed by atoms with Crippen LogP contribution in [0.1, 0.15) is 56.6 Å². The lowest BCUT2D eigenvalue weighted by atomic mass is 9.93. The second-order valence-electron chi connectivity index (χ2n) is 9.30. The molecule has 28 heavy (non-hydrogen) atoms. The Balaban J connectivity index is 1.35. The quantitative estimate of drug-likeness (QED) is 0.776. The molecular weight excluding hydrogens is 372 g/mol. The van der Waals surface area contributed by atoms with E-state index < -0.39 is 10.0 Å². The molecule has 4 heterocycles. The second kappa shape index (κ2) is 7.38. The number of likely N-dealkylation sites (tertiary alicyclic amines) is 1. The number of sulfonamides is 1. The summed E-state index contributed by atoms with van der Waals surface area (Å²) in [5.74, 6) is 0.835. The number of nitrogens with zero attached hydrogens (tertiary/aromatic N) is 2. The summed E-state index contributed by atoms with van der Waals surface area (Å²) < 4.78 is 34.5. The highest BCUT2D eigenvalue weighted by Gasteiger charge is 2.48. The number of hydrogen-bond acceptors (Lipinski definition) is 4. The Bertz CT molecular complexity index is 818. The van der Waals surface area contributed by atoms with Gasteiger partial charge >= 0.3 is 0 Å². The van der Waals surface area contributed by atoms with Gasteiger partial charge in [-0.3, -0.25) is 0 Å². The van der Waals surface area contributed by atoms with Crippen LogP contribution in [0.3, 0.4) is 0 Å². The van der Waals surface area contributed by atoms with Gasteiger partial charge in [-0.1, -0.05) is 13.0 Å². The van der Waals surface area contributed by atoms with E-state index in [1.165, 1.54) is 31.5 Å². The number of benzene rings is 1. The Kier molecular flexibility index (Phi) is 5.02. The van der Waals surface area contributed by atoms with Crippen LogP contribution in [0.4, 0.5) is 0 Å². The number of hydrogen-bond donors (Lipinski definition) is 0. The summed E-state index contributed by atoms with van der Waals surface area (Å²) >= 11 is 0. The van der Waals surface area contributed by atoms with Crippen molar-refractivity contribution in [2.45, 2.75) is 81.5 Å². The van der Waals surface area contributed by atoms with E-state index in [4.69, 9.17) is 4.74 Å². The molecule has 0 spiro atoms. The molecule has 2 bridgehead atoms. The Morgan fingerprint density at radius 3 is 2.39 bits per heavy atom. The number of piperidine rings is 2. The standard InChI is InChI=1S/C22H32N2O3S/c1-16-6-9-23(10-7-16)21-13-19-3-4-20(14-21)24(19)28(25,26)22-5-2-17-8-11-27-15-18(17)12-22/h2,5,12,16,19-21H,3-4,6-11,13-15H2,1H3/t19-,20+,21-. The summed E-state index contributed by atoms with van der Waals surface area (Å²) in [5.41, 5.74) is 2.27. The molecule has 0 radical (unpaired) electrons. The van der Waals surface area contributed by atoms with Crippen LogP contribution in [0.25, 0.3) is 0 Å². The maximum Gasteiger partial charge on any atom is 0.243 e. The highest BCUT2D eigenvalue weighted by atomic mass is 32.2. The normalized spacial score (nSPS) is 32.4. The average Bonchev–Trinajstić information content (AvgIpc) is 2.99. The van der Waals surface area contributed by atoms with Crippen LogP contribution in [0.2, 0.25) is 0 Å². The largest absolute Gasteiger partial charge is 0.376 e. The van der Waals surface area contributed by atoms with E-state index in [1.807, 2.05) is 22.5 Å². The molecule has 0 amide bonds. The van der Waals surface area contributed by atoms with Gasteiger partial charge < -0.3 is 9.64 Å². The molecule has 5 rings (SSSR count). The van der Waals surface area contributed by atoms with Crippen molar-refractivity contribution >= 4 is 10.0 Å². The third-order valence-electron chi connectivity index (χ3n) is 7.50. The Labute approximate surface area is 169 Å². The highest BCUT2D eigenvalue weighted by molar-refractivity contribution is 7.89. The third-order valence-corrected chi connectivity index (χ3v) is 9.50. The fourth-order valence-corrected chi connectivity index (χ4v) is 7.76. The zero-order chi connectivity index (χ0) is 19.3. The minimum Gasteiger partial charge on any atom is -0.376 e. The fourth-order valence-electron chi connectivity index (χ4n) is 5.82. The zero-order valence-electron chi connectivity index (χ0n) is 16.8. The van der Waals surface area contributed by atoms with Gasteiger partial charge in [0.2, 0.25) is 10.0 Å². The van der Waals surface area contributed by atoms with Crippen LogP contribution in [0.15, 0.2) is 23.1 Å². The molecule has 4 aliphatic rings. The van der Waals surface area contributed by atoms with Crippen LogP contribution >= 0.6 is 0 Å². The number of ether oxygens (including phenoxy) is 1. The van der Waals surface area contributed by atoms with Crippen molar-refractivity contribution < 1.29 is 13.2 Å². The number of fused-ring (bicyclic) bond motifs is 3. The van der Waals surface area contributed by atoms with Crippen LogP contribution < -0.4 is 0 Å². The predicted octanol–water partition coefficient (Wildman–Crippen LogP) is 3.18. The zero-order valence-corrected chi connectivity index (χ0v) is 17.7. The van der Waals surface area contributed by atoms with Gasteiger partial charge in [0.1, 0.15) is 0 Å². The molecule has 3 atom stereocenters. The van der Waals surface area contributed by atoms with E-state index in [0.29, 0.717) is 17.5 Å². The van der Waals surface area contributed by atoms with E-state index in [1.54, 1.807) is 0 Å². The van der Waals surface area contributed by atoms with Crippen molar-refractivity contribution in [3.63, 3.8) is 0 Å². The average molecular weight is 405 g/mol. The van der Waals surface area contributed by atoms with Crippen molar-refractivity contribution in [2.24, 2.45) is 5.92 Å². The molecule has 5 nitrogen and oxygen atoms in total. The second-order valence-corrected chi connectivity index (χ2v) is 11.1. The van der Waals surface area contributed by atoms with E-state index >= 15 is 0 Å². The summed E-state index contributed by atoms with van der Waals surface area (Å²) in [4.78, 5) is 3.10. The van der Waals surface area contributed by atoms with Gasteiger partial charge in [0, 0.05) is 18.1 Å². The molecule has 4 aliphatic heterocycles. The van der Waals surface area contributed by atoms with Gasteiger partial charge in [-0.25, -0.2) is 8.42 Å². The van der Waals surface area contributed by atoms with Gasteiger partial charge in [0.15, 0.2) is 0 Å². The van der Waals surface area contributed by atoms with Crippen LogP contribution in [0.5, 0.6) is 0 Å². The minimum atomic E-state index is -3.44. The lowest BCUT2D eigenvalue weighted by Gasteiger charge is -2.44. The van der Waals surface area contributed by atoms with E-state index in [9.17, 15) is 8.42 Å². The summed E-state index contributed by atoms with van der Waals surface area (Å²) in [7, 11) is -3.44. The van der Waals surface area contributed by atoms with Crippen molar-refractivity contribution in [2.75, 3.05) is 19.7 Å². The van der Waals surface area contributed by atoms with Crippen LogP contribution in [0, 0.1) is 5.92 Å². The lowest BCUT2D eigenvalue weighted by Crippen LogP contribution is -2.53.